The highest BCUT2D eigenvalue weighted by Crippen LogP contribution is 2.40. The standard InChI is InChI=1S/C14H28N2O/c1-13(2)5-7-14(17,8-6-13)10-16-12-4-3-11(15)9-12/h11-12,16-17H,3-10,15H2,1-2H3. The van der Waals surface area contributed by atoms with Gasteiger partial charge in [0.25, 0.3) is 0 Å². The summed E-state index contributed by atoms with van der Waals surface area (Å²) in [5.74, 6) is 0. The molecule has 0 radical (unpaired) electrons. The molecule has 3 heteroatoms. The molecule has 0 bridgehead atoms. The third-order valence-corrected chi connectivity index (χ3v) is 4.73. The second-order valence-electron chi connectivity index (χ2n) is 7.04. The van der Waals surface area contributed by atoms with E-state index in [0.29, 0.717) is 17.5 Å². The molecular formula is C14H28N2O. The summed E-state index contributed by atoms with van der Waals surface area (Å²) in [4.78, 5) is 0. The molecular weight excluding hydrogens is 212 g/mol. The molecule has 0 aliphatic heterocycles. The summed E-state index contributed by atoms with van der Waals surface area (Å²) in [6.07, 6.45) is 7.51. The SMILES string of the molecule is CC1(C)CCC(O)(CNC2CCC(N)C2)CC1. The van der Waals surface area contributed by atoms with E-state index in [4.69, 9.17) is 5.73 Å². The molecule has 2 saturated carbocycles. The minimum Gasteiger partial charge on any atom is -0.389 e. The van der Waals surface area contributed by atoms with Gasteiger partial charge in [0.15, 0.2) is 0 Å². The maximum absolute atomic E-state index is 10.5. The van der Waals surface area contributed by atoms with Crippen molar-refractivity contribution in [2.75, 3.05) is 6.54 Å². The smallest absolute Gasteiger partial charge is 0.0772 e. The molecule has 17 heavy (non-hydrogen) atoms. The summed E-state index contributed by atoms with van der Waals surface area (Å²) in [5, 5.41) is 14.1. The maximum Gasteiger partial charge on any atom is 0.0772 e. The van der Waals surface area contributed by atoms with Gasteiger partial charge in [-0.05, 0) is 50.4 Å². The summed E-state index contributed by atoms with van der Waals surface area (Å²) in [5.41, 5.74) is 5.85. The second-order valence-corrected chi connectivity index (χ2v) is 7.04. The number of hydrogen-bond donors (Lipinski definition) is 3. The van der Waals surface area contributed by atoms with Crippen LogP contribution in [0.25, 0.3) is 0 Å². The second kappa shape index (κ2) is 4.87. The maximum atomic E-state index is 10.5. The highest BCUT2D eigenvalue weighted by molar-refractivity contribution is 4.92. The largest absolute Gasteiger partial charge is 0.389 e. The Balaban J connectivity index is 1.75. The lowest BCUT2D eigenvalue weighted by Crippen LogP contribution is -2.47. The minimum absolute atomic E-state index is 0.368. The number of aliphatic hydroxyl groups is 1. The van der Waals surface area contributed by atoms with Crippen molar-refractivity contribution in [1.29, 1.82) is 0 Å². The summed E-state index contributed by atoms with van der Waals surface area (Å²) in [6, 6.07) is 0.899. The fraction of sp³-hybridized carbons (Fsp3) is 1.00. The van der Waals surface area contributed by atoms with Crippen LogP contribution in [0.5, 0.6) is 0 Å². The predicted molar refractivity (Wildman–Crippen MR) is 70.8 cm³/mol. The van der Waals surface area contributed by atoms with Crippen molar-refractivity contribution in [3.8, 4) is 0 Å². The first-order valence-electron chi connectivity index (χ1n) is 7.10. The lowest BCUT2D eigenvalue weighted by molar-refractivity contribution is -0.0259. The molecule has 0 aromatic carbocycles. The lowest BCUT2D eigenvalue weighted by Gasteiger charge is -2.40. The lowest BCUT2D eigenvalue weighted by atomic mass is 9.71. The van der Waals surface area contributed by atoms with E-state index in [2.05, 4.69) is 19.2 Å². The predicted octanol–water partition coefficient (Wildman–Crippen LogP) is 1.79. The van der Waals surface area contributed by atoms with Gasteiger partial charge in [-0.2, -0.15) is 0 Å². The quantitative estimate of drug-likeness (QED) is 0.705. The van der Waals surface area contributed by atoms with Crippen LogP contribution in [0.1, 0.15) is 58.8 Å². The third kappa shape index (κ3) is 3.67. The molecule has 0 saturated heterocycles. The molecule has 4 N–H and O–H groups in total. The van der Waals surface area contributed by atoms with Crippen molar-refractivity contribution >= 4 is 0 Å². The molecule has 0 aromatic rings. The minimum atomic E-state index is -0.470. The fourth-order valence-corrected chi connectivity index (χ4v) is 3.11. The van der Waals surface area contributed by atoms with E-state index in [1.807, 2.05) is 0 Å². The average Bonchev–Trinajstić information content (AvgIpc) is 2.67. The molecule has 2 aliphatic carbocycles. The van der Waals surface area contributed by atoms with Crippen LogP contribution in [-0.2, 0) is 0 Å². The van der Waals surface area contributed by atoms with E-state index < -0.39 is 5.60 Å². The Bertz CT molecular complexity index is 255. The van der Waals surface area contributed by atoms with Crippen molar-refractivity contribution in [2.45, 2.75) is 76.5 Å². The van der Waals surface area contributed by atoms with Crippen LogP contribution in [-0.4, -0.2) is 29.3 Å². The van der Waals surface area contributed by atoms with Gasteiger partial charge < -0.3 is 16.2 Å². The summed E-state index contributed by atoms with van der Waals surface area (Å²) >= 11 is 0. The van der Waals surface area contributed by atoms with Crippen molar-refractivity contribution in [1.82, 2.24) is 5.32 Å². The van der Waals surface area contributed by atoms with Crippen molar-refractivity contribution in [3.05, 3.63) is 0 Å². The van der Waals surface area contributed by atoms with E-state index in [0.717, 1.165) is 45.1 Å². The van der Waals surface area contributed by atoms with Crippen LogP contribution in [0.15, 0.2) is 0 Å². The molecule has 2 rings (SSSR count). The van der Waals surface area contributed by atoms with E-state index in [9.17, 15) is 5.11 Å². The zero-order valence-electron chi connectivity index (χ0n) is 11.3. The van der Waals surface area contributed by atoms with Crippen molar-refractivity contribution in [2.24, 2.45) is 11.1 Å². The zero-order valence-corrected chi connectivity index (χ0v) is 11.3. The van der Waals surface area contributed by atoms with Crippen LogP contribution in [0, 0.1) is 5.41 Å². The Kier molecular flexibility index (Phi) is 3.81. The van der Waals surface area contributed by atoms with Crippen molar-refractivity contribution in [3.63, 3.8) is 0 Å². The first kappa shape index (κ1) is 13.3. The van der Waals surface area contributed by atoms with E-state index >= 15 is 0 Å². The molecule has 3 nitrogen and oxygen atoms in total. The number of rotatable bonds is 3. The normalized spacial score (nSPS) is 36.0. The van der Waals surface area contributed by atoms with Gasteiger partial charge >= 0.3 is 0 Å². The van der Waals surface area contributed by atoms with Gasteiger partial charge in [0.1, 0.15) is 0 Å². The van der Waals surface area contributed by atoms with Gasteiger partial charge in [-0.3, -0.25) is 0 Å². The van der Waals surface area contributed by atoms with Gasteiger partial charge in [-0.15, -0.1) is 0 Å². The van der Waals surface area contributed by atoms with Crippen LogP contribution in [0.2, 0.25) is 0 Å². The molecule has 2 unspecified atom stereocenters. The Morgan fingerprint density at radius 1 is 1.18 bits per heavy atom. The van der Waals surface area contributed by atoms with Gasteiger partial charge in [0.2, 0.25) is 0 Å². The number of nitrogens with two attached hydrogens (primary N) is 1. The zero-order chi connectivity index (χ0) is 12.5. The first-order chi connectivity index (χ1) is 7.89. The topological polar surface area (TPSA) is 58.3 Å². The van der Waals surface area contributed by atoms with Crippen molar-refractivity contribution < 1.29 is 5.11 Å². The highest BCUT2D eigenvalue weighted by Gasteiger charge is 2.37. The Hall–Kier alpha value is -0.120. The average molecular weight is 240 g/mol. The number of hydrogen-bond acceptors (Lipinski definition) is 3. The van der Waals surface area contributed by atoms with Gasteiger partial charge in [-0.1, -0.05) is 13.8 Å². The molecule has 0 amide bonds. The fourth-order valence-electron chi connectivity index (χ4n) is 3.11. The van der Waals surface area contributed by atoms with Gasteiger partial charge in [-0.25, -0.2) is 0 Å². The Labute approximate surface area is 105 Å². The third-order valence-electron chi connectivity index (χ3n) is 4.73. The van der Waals surface area contributed by atoms with Gasteiger partial charge in [0, 0.05) is 18.6 Å². The van der Waals surface area contributed by atoms with Crippen LogP contribution in [0.4, 0.5) is 0 Å². The molecule has 2 atom stereocenters. The van der Waals surface area contributed by atoms with E-state index in [1.54, 1.807) is 0 Å². The van der Waals surface area contributed by atoms with Crippen LogP contribution < -0.4 is 11.1 Å². The summed E-state index contributed by atoms with van der Waals surface area (Å²) in [7, 11) is 0. The summed E-state index contributed by atoms with van der Waals surface area (Å²) < 4.78 is 0. The molecule has 2 fully saturated rings. The van der Waals surface area contributed by atoms with Crippen LogP contribution >= 0.6 is 0 Å². The number of nitrogens with one attached hydrogen (secondary N) is 1. The van der Waals surface area contributed by atoms with E-state index in [-0.39, 0.29) is 0 Å². The molecule has 0 spiro atoms. The molecule has 0 heterocycles. The molecule has 100 valence electrons. The van der Waals surface area contributed by atoms with Crippen LogP contribution in [0.3, 0.4) is 0 Å². The van der Waals surface area contributed by atoms with Gasteiger partial charge in [0.05, 0.1) is 5.60 Å². The summed E-state index contributed by atoms with van der Waals surface area (Å²) in [6.45, 7) is 5.35. The molecule has 0 aromatic heterocycles. The highest BCUT2D eigenvalue weighted by atomic mass is 16.3. The van der Waals surface area contributed by atoms with E-state index in [1.165, 1.54) is 6.42 Å². The Morgan fingerprint density at radius 3 is 2.35 bits per heavy atom. The first-order valence-corrected chi connectivity index (χ1v) is 7.10. The monoisotopic (exact) mass is 240 g/mol. The molecule has 2 aliphatic rings. The Morgan fingerprint density at radius 2 is 1.82 bits per heavy atom.